The molecule has 1 unspecified atom stereocenters. The van der Waals surface area contributed by atoms with Crippen LogP contribution >= 0.6 is 0 Å². The van der Waals surface area contributed by atoms with Crippen molar-refractivity contribution >= 4 is 20.9 Å². The van der Waals surface area contributed by atoms with E-state index in [1.165, 1.54) is 25.3 Å². The first-order valence-electron chi connectivity index (χ1n) is 3.76. The summed E-state index contributed by atoms with van der Waals surface area (Å²) in [6.45, 7) is 1.44. The van der Waals surface area contributed by atoms with Gasteiger partial charge in [0.1, 0.15) is 9.92 Å². The molecule has 78 valence electrons. The molecule has 1 aromatic rings. The third kappa shape index (κ3) is 2.17. The highest BCUT2D eigenvalue weighted by molar-refractivity contribution is 7.92. The highest BCUT2D eigenvalue weighted by Gasteiger charge is 2.17. The molecule has 0 N–H and O–H groups in total. The number of hydrogen-bond acceptors (Lipinski definition) is 5. The van der Waals surface area contributed by atoms with E-state index in [-0.39, 0.29) is 10.6 Å². The standard InChI is InChI=1S/C7H9NO4S2/c1-2-14(11,12)6-4-3-5-8-7(6)13(9)10/h3-5H,2H2,1H3,(H,9,10)/p-1. The van der Waals surface area contributed by atoms with Crippen LogP contribution in [0.1, 0.15) is 6.92 Å². The second-order valence-electron chi connectivity index (χ2n) is 2.44. The molecule has 1 aromatic heterocycles. The minimum Gasteiger partial charge on any atom is -0.767 e. The van der Waals surface area contributed by atoms with Gasteiger partial charge in [0, 0.05) is 6.20 Å². The van der Waals surface area contributed by atoms with E-state index in [9.17, 15) is 17.2 Å². The van der Waals surface area contributed by atoms with Crippen LogP contribution in [0.25, 0.3) is 0 Å². The third-order valence-corrected chi connectivity index (χ3v) is 4.14. The van der Waals surface area contributed by atoms with Crippen molar-refractivity contribution in [2.24, 2.45) is 0 Å². The van der Waals surface area contributed by atoms with E-state index in [1.54, 1.807) is 0 Å². The zero-order valence-electron chi connectivity index (χ0n) is 7.34. The van der Waals surface area contributed by atoms with Crippen LogP contribution in [0.15, 0.2) is 28.3 Å². The second kappa shape index (κ2) is 4.16. The Labute approximate surface area is 84.4 Å². The summed E-state index contributed by atoms with van der Waals surface area (Å²) in [6.07, 6.45) is 1.24. The van der Waals surface area contributed by atoms with Gasteiger partial charge in [-0.2, -0.15) is 0 Å². The van der Waals surface area contributed by atoms with Gasteiger partial charge in [0.05, 0.1) is 5.75 Å². The lowest BCUT2D eigenvalue weighted by atomic mass is 10.5. The Morgan fingerprint density at radius 1 is 1.57 bits per heavy atom. The van der Waals surface area contributed by atoms with E-state index in [2.05, 4.69) is 4.98 Å². The second-order valence-corrected chi connectivity index (χ2v) is 5.55. The Hall–Kier alpha value is -0.790. The molecule has 7 heteroatoms. The maximum atomic E-state index is 11.4. The Morgan fingerprint density at radius 2 is 2.21 bits per heavy atom. The molecule has 0 amide bonds. The molecule has 5 nitrogen and oxygen atoms in total. The third-order valence-electron chi connectivity index (χ3n) is 1.61. The van der Waals surface area contributed by atoms with Crippen LogP contribution in [0.3, 0.4) is 0 Å². The van der Waals surface area contributed by atoms with Crippen LogP contribution in [0.2, 0.25) is 0 Å². The zero-order valence-corrected chi connectivity index (χ0v) is 8.97. The summed E-state index contributed by atoms with van der Waals surface area (Å²) in [6, 6.07) is 2.62. The molecule has 0 spiro atoms. The van der Waals surface area contributed by atoms with Gasteiger partial charge in [-0.1, -0.05) is 6.92 Å². The van der Waals surface area contributed by atoms with Gasteiger partial charge >= 0.3 is 0 Å². The summed E-state index contributed by atoms with van der Waals surface area (Å²) in [7, 11) is -3.53. The number of hydrogen-bond donors (Lipinski definition) is 0. The number of rotatable bonds is 3. The highest BCUT2D eigenvalue weighted by atomic mass is 32.2. The van der Waals surface area contributed by atoms with Crippen LogP contribution < -0.4 is 0 Å². The highest BCUT2D eigenvalue weighted by Crippen LogP contribution is 2.16. The topological polar surface area (TPSA) is 87.2 Å². The SMILES string of the molecule is CCS(=O)(=O)c1cccnc1S(=O)[O-]. The van der Waals surface area contributed by atoms with E-state index < -0.39 is 25.9 Å². The predicted octanol–water partition coefficient (Wildman–Crippen LogP) is 0.113. The summed E-state index contributed by atoms with van der Waals surface area (Å²) in [5, 5.41) is -0.422. The maximum absolute atomic E-state index is 11.4. The van der Waals surface area contributed by atoms with Crippen LogP contribution in [0, 0.1) is 0 Å². The number of nitrogens with zero attached hydrogens (tertiary/aromatic N) is 1. The minimum atomic E-state index is -3.53. The van der Waals surface area contributed by atoms with Crippen LogP contribution in [-0.2, 0) is 20.9 Å². The van der Waals surface area contributed by atoms with Gasteiger partial charge in [-0.15, -0.1) is 0 Å². The largest absolute Gasteiger partial charge is 0.767 e. The van der Waals surface area contributed by atoms with E-state index in [4.69, 9.17) is 0 Å². The van der Waals surface area contributed by atoms with Crippen molar-refractivity contribution in [3.05, 3.63) is 18.3 Å². The van der Waals surface area contributed by atoms with Crippen molar-refractivity contribution in [1.29, 1.82) is 0 Å². The molecule has 1 heterocycles. The molecule has 14 heavy (non-hydrogen) atoms. The maximum Gasteiger partial charge on any atom is 0.180 e. The van der Waals surface area contributed by atoms with Gasteiger partial charge in [-0.25, -0.2) is 13.4 Å². The van der Waals surface area contributed by atoms with Gasteiger partial charge in [-0.05, 0) is 23.2 Å². The van der Waals surface area contributed by atoms with Gasteiger partial charge in [0.25, 0.3) is 0 Å². The average molecular weight is 234 g/mol. The van der Waals surface area contributed by atoms with Crippen LogP contribution in [0.4, 0.5) is 0 Å². The van der Waals surface area contributed by atoms with Gasteiger partial charge in [0.15, 0.2) is 9.84 Å². The Balaban J connectivity index is 3.42. The first-order chi connectivity index (χ1) is 6.49. The number of aromatic nitrogens is 1. The molecular formula is C7H8NO4S2-. The molecule has 0 fully saturated rings. The summed E-state index contributed by atoms with van der Waals surface area (Å²) in [4.78, 5) is 3.26. The van der Waals surface area contributed by atoms with Crippen LogP contribution in [-0.4, -0.2) is 27.9 Å². The van der Waals surface area contributed by atoms with Crippen molar-refractivity contribution in [2.75, 3.05) is 5.75 Å². The van der Waals surface area contributed by atoms with E-state index in [0.29, 0.717) is 0 Å². The number of pyridine rings is 1. The van der Waals surface area contributed by atoms with Crippen LogP contribution in [0.5, 0.6) is 0 Å². The average Bonchev–Trinajstić information content (AvgIpc) is 2.18. The fourth-order valence-corrected chi connectivity index (χ4v) is 2.77. The molecule has 0 saturated heterocycles. The summed E-state index contributed by atoms with van der Waals surface area (Å²) in [5.41, 5.74) is 0. The van der Waals surface area contributed by atoms with Crippen molar-refractivity contribution < 1.29 is 17.2 Å². The van der Waals surface area contributed by atoms with Crippen molar-refractivity contribution in [3.8, 4) is 0 Å². The van der Waals surface area contributed by atoms with E-state index >= 15 is 0 Å². The Kier molecular flexibility index (Phi) is 3.35. The molecular weight excluding hydrogens is 226 g/mol. The molecule has 0 aliphatic rings. The molecule has 0 saturated carbocycles. The summed E-state index contributed by atoms with van der Waals surface area (Å²) >= 11 is -2.63. The Bertz CT molecular complexity index is 455. The van der Waals surface area contributed by atoms with Gasteiger partial charge < -0.3 is 4.55 Å². The normalized spacial score (nSPS) is 13.9. The fourth-order valence-electron chi connectivity index (χ4n) is 0.893. The molecule has 0 aliphatic carbocycles. The van der Waals surface area contributed by atoms with E-state index in [1.807, 2.05) is 0 Å². The molecule has 1 atom stereocenters. The first kappa shape index (κ1) is 11.3. The molecule has 0 aromatic carbocycles. The van der Waals surface area contributed by atoms with Gasteiger partial charge in [0.2, 0.25) is 0 Å². The lowest BCUT2D eigenvalue weighted by Crippen LogP contribution is -2.09. The Morgan fingerprint density at radius 3 is 2.71 bits per heavy atom. The fraction of sp³-hybridized carbons (Fsp3) is 0.286. The quantitative estimate of drug-likeness (QED) is 0.693. The van der Waals surface area contributed by atoms with Crippen molar-refractivity contribution in [2.45, 2.75) is 16.8 Å². The zero-order chi connectivity index (χ0) is 10.8. The molecule has 0 bridgehead atoms. The summed E-state index contributed by atoms with van der Waals surface area (Å²) < 4.78 is 44.1. The van der Waals surface area contributed by atoms with Crippen molar-refractivity contribution in [3.63, 3.8) is 0 Å². The molecule has 0 radical (unpaired) electrons. The number of sulfone groups is 1. The minimum absolute atomic E-state index is 0.150. The lowest BCUT2D eigenvalue weighted by Gasteiger charge is -2.09. The van der Waals surface area contributed by atoms with E-state index in [0.717, 1.165) is 0 Å². The lowest BCUT2D eigenvalue weighted by molar-refractivity contribution is 0.528. The predicted molar refractivity (Wildman–Crippen MR) is 49.1 cm³/mol. The monoisotopic (exact) mass is 234 g/mol. The van der Waals surface area contributed by atoms with Gasteiger partial charge in [-0.3, -0.25) is 4.21 Å². The molecule has 0 aliphatic heterocycles. The first-order valence-corrected chi connectivity index (χ1v) is 6.49. The van der Waals surface area contributed by atoms with Crippen molar-refractivity contribution in [1.82, 2.24) is 4.98 Å². The summed E-state index contributed by atoms with van der Waals surface area (Å²) in [5.74, 6) is -0.150. The molecule has 1 rings (SSSR count). The smallest absolute Gasteiger partial charge is 0.180 e.